The van der Waals surface area contributed by atoms with Crippen LogP contribution in [0.4, 0.5) is 0 Å². The summed E-state index contributed by atoms with van der Waals surface area (Å²) in [6.45, 7) is 7.77. The minimum absolute atomic E-state index is 0.0194. The summed E-state index contributed by atoms with van der Waals surface area (Å²) in [5.41, 5.74) is 0. The summed E-state index contributed by atoms with van der Waals surface area (Å²) in [6, 6.07) is 0. The van der Waals surface area contributed by atoms with Gasteiger partial charge in [-0.3, -0.25) is 4.79 Å². The number of hydrogen-bond acceptors (Lipinski definition) is 1. The van der Waals surface area contributed by atoms with E-state index in [-0.39, 0.29) is 5.91 Å². The van der Waals surface area contributed by atoms with Crippen molar-refractivity contribution in [2.75, 3.05) is 13.6 Å². The van der Waals surface area contributed by atoms with Crippen molar-refractivity contribution in [3.8, 4) is 0 Å². The molecule has 11 heavy (non-hydrogen) atoms. The Morgan fingerprint density at radius 3 is 2.64 bits per heavy atom. The van der Waals surface area contributed by atoms with Gasteiger partial charge in [0, 0.05) is 13.6 Å². The largest absolute Gasteiger partial charge is 0.342 e. The molecule has 0 fully saturated rings. The van der Waals surface area contributed by atoms with Crippen LogP contribution in [0, 0.1) is 0 Å². The van der Waals surface area contributed by atoms with E-state index in [1.807, 2.05) is 6.08 Å². The molecule has 0 unspecified atom stereocenters. The molecule has 0 saturated heterocycles. The second-order valence-electron chi connectivity index (χ2n) is 2.39. The number of hydrogen-bond donors (Lipinski definition) is 0. The van der Waals surface area contributed by atoms with E-state index in [0.717, 1.165) is 19.4 Å². The Balaban J connectivity index is 3.51. The predicted molar refractivity (Wildman–Crippen MR) is 47.3 cm³/mol. The Hall–Kier alpha value is -1.05. The van der Waals surface area contributed by atoms with Gasteiger partial charge in [-0.05, 0) is 18.9 Å². The molecule has 0 aliphatic carbocycles. The molecule has 0 spiro atoms. The zero-order valence-corrected chi connectivity index (χ0v) is 7.05. The van der Waals surface area contributed by atoms with Crippen LogP contribution >= 0.6 is 0 Å². The molecular formula is C9H15NO. The van der Waals surface area contributed by atoms with E-state index in [0.29, 0.717) is 0 Å². The minimum Gasteiger partial charge on any atom is -0.342 e. The Labute approximate surface area is 68.2 Å². The van der Waals surface area contributed by atoms with Crippen molar-refractivity contribution in [3.63, 3.8) is 0 Å². The van der Waals surface area contributed by atoms with Crippen molar-refractivity contribution in [2.24, 2.45) is 0 Å². The number of unbranched alkanes of at least 4 members (excludes halogenated alkanes) is 1. The number of amides is 1. The number of carbonyl (C=O) groups excluding carboxylic acids is 1. The topological polar surface area (TPSA) is 20.3 Å². The first-order chi connectivity index (χ1) is 5.22. The van der Waals surface area contributed by atoms with Gasteiger partial charge in [0.15, 0.2) is 0 Å². The van der Waals surface area contributed by atoms with E-state index in [9.17, 15) is 4.79 Å². The van der Waals surface area contributed by atoms with Gasteiger partial charge in [-0.15, -0.1) is 6.58 Å². The van der Waals surface area contributed by atoms with Crippen LogP contribution < -0.4 is 0 Å². The van der Waals surface area contributed by atoms with Crippen LogP contribution in [0.2, 0.25) is 0 Å². The predicted octanol–water partition coefficient (Wildman–Crippen LogP) is 1.60. The first-order valence-electron chi connectivity index (χ1n) is 3.70. The average Bonchev–Trinajstić information content (AvgIpc) is 2.03. The van der Waals surface area contributed by atoms with E-state index in [4.69, 9.17) is 0 Å². The monoisotopic (exact) mass is 153 g/mol. The molecule has 0 saturated carbocycles. The SMILES string of the molecule is C=CCCCN(C)C(=O)C=C. The fourth-order valence-corrected chi connectivity index (χ4v) is 0.739. The number of nitrogens with zero attached hydrogens (tertiary/aromatic N) is 1. The summed E-state index contributed by atoms with van der Waals surface area (Å²) < 4.78 is 0. The molecule has 62 valence electrons. The number of carbonyl (C=O) groups is 1. The highest BCUT2D eigenvalue weighted by atomic mass is 16.2. The quantitative estimate of drug-likeness (QED) is 0.334. The summed E-state index contributed by atoms with van der Waals surface area (Å²) in [7, 11) is 1.77. The lowest BCUT2D eigenvalue weighted by Gasteiger charge is -2.13. The minimum atomic E-state index is -0.0194. The van der Waals surface area contributed by atoms with Crippen molar-refractivity contribution in [3.05, 3.63) is 25.3 Å². The van der Waals surface area contributed by atoms with Crippen molar-refractivity contribution in [1.82, 2.24) is 4.90 Å². The van der Waals surface area contributed by atoms with Gasteiger partial charge in [0.2, 0.25) is 5.91 Å². The van der Waals surface area contributed by atoms with Gasteiger partial charge in [0.1, 0.15) is 0 Å². The molecule has 0 N–H and O–H groups in total. The molecular weight excluding hydrogens is 138 g/mol. The Morgan fingerprint density at radius 1 is 1.55 bits per heavy atom. The first kappa shape index (κ1) is 9.95. The van der Waals surface area contributed by atoms with Gasteiger partial charge in [-0.2, -0.15) is 0 Å². The van der Waals surface area contributed by atoms with Crippen molar-refractivity contribution in [2.45, 2.75) is 12.8 Å². The van der Waals surface area contributed by atoms with Gasteiger partial charge < -0.3 is 4.90 Å². The molecule has 0 heterocycles. The van der Waals surface area contributed by atoms with E-state index < -0.39 is 0 Å². The molecule has 0 atom stereocenters. The van der Waals surface area contributed by atoms with Crippen molar-refractivity contribution in [1.29, 1.82) is 0 Å². The zero-order chi connectivity index (χ0) is 8.69. The zero-order valence-electron chi connectivity index (χ0n) is 7.05. The summed E-state index contributed by atoms with van der Waals surface area (Å²) in [6.07, 6.45) is 5.11. The molecule has 2 heteroatoms. The third-order valence-electron chi connectivity index (χ3n) is 1.45. The molecule has 0 radical (unpaired) electrons. The Bertz CT molecular complexity index is 152. The van der Waals surface area contributed by atoms with Gasteiger partial charge in [0.25, 0.3) is 0 Å². The third-order valence-corrected chi connectivity index (χ3v) is 1.45. The summed E-state index contributed by atoms with van der Waals surface area (Å²) in [4.78, 5) is 12.5. The maximum Gasteiger partial charge on any atom is 0.245 e. The van der Waals surface area contributed by atoms with E-state index in [2.05, 4.69) is 13.2 Å². The molecule has 0 aliphatic heterocycles. The van der Waals surface area contributed by atoms with Crippen LogP contribution in [0.3, 0.4) is 0 Å². The average molecular weight is 153 g/mol. The Morgan fingerprint density at radius 2 is 2.18 bits per heavy atom. The maximum absolute atomic E-state index is 10.9. The van der Waals surface area contributed by atoms with Crippen LogP contribution in [0.5, 0.6) is 0 Å². The molecule has 2 nitrogen and oxygen atoms in total. The molecule has 0 bridgehead atoms. The Kier molecular flexibility index (Phi) is 5.17. The molecule has 0 rings (SSSR count). The van der Waals surface area contributed by atoms with Gasteiger partial charge in [-0.1, -0.05) is 12.7 Å². The molecule has 0 aromatic heterocycles. The van der Waals surface area contributed by atoms with Crippen LogP contribution in [0.15, 0.2) is 25.3 Å². The normalized spacial score (nSPS) is 8.82. The van der Waals surface area contributed by atoms with Gasteiger partial charge >= 0.3 is 0 Å². The number of allylic oxidation sites excluding steroid dienone is 1. The first-order valence-corrected chi connectivity index (χ1v) is 3.70. The summed E-state index contributed by atoms with van der Waals surface area (Å²) in [5, 5.41) is 0. The van der Waals surface area contributed by atoms with Crippen LogP contribution in [-0.4, -0.2) is 24.4 Å². The van der Waals surface area contributed by atoms with Crippen LogP contribution in [0.1, 0.15) is 12.8 Å². The lowest BCUT2D eigenvalue weighted by atomic mass is 10.3. The second kappa shape index (κ2) is 5.71. The highest BCUT2D eigenvalue weighted by Gasteiger charge is 2.00. The van der Waals surface area contributed by atoms with Crippen molar-refractivity contribution < 1.29 is 4.79 Å². The maximum atomic E-state index is 10.9. The number of likely N-dealkylation sites (N-methyl/N-ethyl adjacent to an activating group) is 1. The highest BCUT2D eigenvalue weighted by Crippen LogP contribution is 1.93. The summed E-state index contributed by atoms with van der Waals surface area (Å²) >= 11 is 0. The van der Waals surface area contributed by atoms with E-state index in [1.165, 1.54) is 6.08 Å². The number of rotatable bonds is 5. The molecule has 0 aromatic carbocycles. The third kappa shape index (κ3) is 4.37. The lowest BCUT2D eigenvalue weighted by molar-refractivity contribution is -0.124. The fourth-order valence-electron chi connectivity index (χ4n) is 0.739. The van der Waals surface area contributed by atoms with E-state index in [1.54, 1.807) is 11.9 Å². The van der Waals surface area contributed by atoms with Gasteiger partial charge in [-0.25, -0.2) is 0 Å². The smallest absolute Gasteiger partial charge is 0.245 e. The second-order valence-corrected chi connectivity index (χ2v) is 2.39. The molecule has 1 amide bonds. The highest BCUT2D eigenvalue weighted by molar-refractivity contribution is 5.86. The molecule has 0 aromatic rings. The van der Waals surface area contributed by atoms with Gasteiger partial charge in [0.05, 0.1) is 0 Å². The lowest BCUT2D eigenvalue weighted by Crippen LogP contribution is -2.25. The fraction of sp³-hybridized carbons (Fsp3) is 0.444. The van der Waals surface area contributed by atoms with Crippen LogP contribution in [-0.2, 0) is 4.79 Å². The standard InChI is InChI=1S/C9H15NO/c1-4-6-7-8-10(3)9(11)5-2/h4-5H,1-2,6-8H2,3H3. The van der Waals surface area contributed by atoms with Crippen molar-refractivity contribution >= 4 is 5.91 Å². The molecule has 0 aliphatic rings. The van der Waals surface area contributed by atoms with E-state index >= 15 is 0 Å². The van der Waals surface area contributed by atoms with Crippen LogP contribution in [0.25, 0.3) is 0 Å². The summed E-state index contributed by atoms with van der Waals surface area (Å²) in [5.74, 6) is -0.0194.